The number of primary amides is 1. The van der Waals surface area contributed by atoms with Crippen molar-refractivity contribution in [1.82, 2.24) is 25.9 Å². The summed E-state index contributed by atoms with van der Waals surface area (Å²) in [5.74, 6) is 0.984. The quantitative estimate of drug-likeness (QED) is 0.104. The smallest absolute Gasteiger partial charge is 0.301 e. The van der Waals surface area contributed by atoms with Gasteiger partial charge >= 0.3 is 5.69 Å². The lowest BCUT2D eigenvalue weighted by Crippen LogP contribution is -2.59. The first-order valence-corrected chi connectivity index (χ1v) is 17.3. The predicted octanol–water partition coefficient (Wildman–Crippen LogP) is 4.86. The molecule has 0 aliphatic heterocycles. The second kappa shape index (κ2) is 12.8. The van der Waals surface area contributed by atoms with Crippen molar-refractivity contribution in [3.8, 4) is 11.5 Å². The van der Waals surface area contributed by atoms with Crippen molar-refractivity contribution in [1.29, 1.82) is 0 Å². The summed E-state index contributed by atoms with van der Waals surface area (Å²) in [7, 11) is 0. The molecule has 4 saturated carbocycles. The number of nitrogens with one attached hydrogen (secondary N) is 3. The molecule has 4 aliphatic carbocycles. The molecule has 4 fully saturated rings. The van der Waals surface area contributed by atoms with Gasteiger partial charge in [-0.2, -0.15) is 0 Å². The van der Waals surface area contributed by atoms with Gasteiger partial charge in [-0.05, 0) is 102 Å². The van der Waals surface area contributed by atoms with Crippen LogP contribution in [-0.4, -0.2) is 50.0 Å². The summed E-state index contributed by atoms with van der Waals surface area (Å²) in [5.41, 5.74) is 7.64. The Labute approximate surface area is 291 Å². The lowest BCUT2D eigenvalue weighted by Gasteiger charge is -2.55. The van der Waals surface area contributed by atoms with Crippen LogP contribution in [0.2, 0.25) is 0 Å². The largest absolute Gasteiger partial charge is 0.455 e. The molecule has 0 saturated heterocycles. The van der Waals surface area contributed by atoms with Gasteiger partial charge in [0.1, 0.15) is 17.8 Å². The van der Waals surface area contributed by atoms with Crippen LogP contribution in [0.1, 0.15) is 49.7 Å². The van der Waals surface area contributed by atoms with Crippen molar-refractivity contribution in [2.24, 2.45) is 28.9 Å². The maximum Gasteiger partial charge on any atom is 0.301 e. The Bertz CT molecular complexity index is 2120. The average Bonchev–Trinajstić information content (AvgIpc) is 3.76. The van der Waals surface area contributed by atoms with Crippen molar-refractivity contribution in [3.05, 3.63) is 88.1 Å². The molecule has 4 aliphatic rings. The summed E-state index contributed by atoms with van der Waals surface area (Å²) < 4.78 is 10.7. The molecule has 0 radical (unpaired) electrons. The predicted molar refractivity (Wildman–Crippen MR) is 184 cm³/mol. The van der Waals surface area contributed by atoms with Crippen molar-refractivity contribution in [3.63, 3.8) is 0 Å². The van der Waals surface area contributed by atoms with Crippen molar-refractivity contribution < 1.29 is 28.7 Å². The monoisotopic (exact) mass is 691 g/mol. The second-order valence-electron chi connectivity index (χ2n) is 14.5. The lowest BCUT2D eigenvalue weighted by molar-refractivity contribution is -0.383. The Morgan fingerprint density at radius 2 is 1.61 bits per heavy atom. The minimum Gasteiger partial charge on any atom is -0.455 e. The Kier molecular flexibility index (Phi) is 8.16. The van der Waals surface area contributed by atoms with E-state index in [0.29, 0.717) is 23.5 Å². The molecule has 0 unspecified atom stereocenters. The number of hydrogen-bond donors (Lipinski definition) is 4. The van der Waals surface area contributed by atoms with E-state index in [-0.39, 0.29) is 41.2 Å². The third kappa shape index (κ3) is 6.26. The standard InChI is InChI=1S/C37H37N7O7/c38-34(45)28(15-24-19-39-27-4-2-1-3-26(24)27)40-35(46)29(41-36(47)37-16-21-11-22(17-37)13-23(12-21)18-37)14-20-5-7-25(8-6-20)50-31-10-9-30(44(48)49)32-33(31)43-51-42-32/h1-10,19,21-23,28-29,39H,11-18H2,(H2,38,45)(H,40,46)(H,41,47)/t21?,22?,23?,28-,29+,37?/m1/s1. The van der Waals surface area contributed by atoms with E-state index in [1.54, 1.807) is 24.3 Å². The number of nitrogens with zero attached hydrogens (tertiary/aromatic N) is 3. The van der Waals surface area contributed by atoms with E-state index in [1.807, 2.05) is 30.5 Å². The number of nitrogens with two attached hydrogens (primary N) is 1. The normalized spacial score (nSPS) is 23.2. The van der Waals surface area contributed by atoms with E-state index in [4.69, 9.17) is 15.1 Å². The van der Waals surface area contributed by atoms with Crippen molar-refractivity contribution in [2.75, 3.05) is 0 Å². The first kappa shape index (κ1) is 32.4. The number of benzene rings is 3. The van der Waals surface area contributed by atoms with Gasteiger partial charge in [0, 0.05) is 41.4 Å². The fourth-order valence-corrected chi connectivity index (χ4v) is 9.04. The molecule has 5 N–H and O–H groups in total. The van der Waals surface area contributed by atoms with E-state index in [9.17, 15) is 24.5 Å². The molecule has 2 heterocycles. The number of ether oxygens (including phenoxy) is 1. The van der Waals surface area contributed by atoms with E-state index in [2.05, 4.69) is 25.9 Å². The Balaban J connectivity index is 1.02. The molecular weight excluding hydrogens is 654 g/mol. The molecule has 5 aromatic rings. The highest BCUT2D eigenvalue weighted by molar-refractivity contribution is 5.94. The van der Waals surface area contributed by atoms with E-state index in [0.717, 1.165) is 41.3 Å². The van der Waals surface area contributed by atoms with Crippen LogP contribution in [0.25, 0.3) is 21.9 Å². The summed E-state index contributed by atoms with van der Waals surface area (Å²) >= 11 is 0. The number of carbonyl (C=O) groups is 3. The average molecular weight is 692 g/mol. The second-order valence-corrected chi connectivity index (χ2v) is 14.5. The van der Waals surface area contributed by atoms with Crippen LogP contribution in [0.4, 0.5) is 5.69 Å². The van der Waals surface area contributed by atoms with Gasteiger partial charge in [0.25, 0.3) is 0 Å². The van der Waals surface area contributed by atoms with Crippen molar-refractivity contribution in [2.45, 2.75) is 63.5 Å². The summed E-state index contributed by atoms with van der Waals surface area (Å²) in [4.78, 5) is 54.9. The van der Waals surface area contributed by atoms with Crippen LogP contribution >= 0.6 is 0 Å². The number of non-ortho nitro benzene ring substituents is 1. The molecule has 2 atom stereocenters. The van der Waals surface area contributed by atoms with Gasteiger partial charge in [0.2, 0.25) is 23.2 Å². The summed E-state index contributed by atoms with van der Waals surface area (Å²) in [6.07, 6.45) is 8.20. The van der Waals surface area contributed by atoms with E-state index < -0.39 is 34.2 Å². The Morgan fingerprint density at radius 1 is 0.922 bits per heavy atom. The lowest BCUT2D eigenvalue weighted by atomic mass is 9.49. The Morgan fingerprint density at radius 3 is 2.29 bits per heavy atom. The zero-order chi connectivity index (χ0) is 35.3. The molecule has 0 spiro atoms. The molecule has 14 heteroatoms. The van der Waals surface area contributed by atoms with Gasteiger partial charge < -0.3 is 26.1 Å². The maximum atomic E-state index is 14.2. The van der Waals surface area contributed by atoms with E-state index >= 15 is 0 Å². The first-order chi connectivity index (χ1) is 24.6. The highest BCUT2D eigenvalue weighted by Gasteiger charge is 2.55. The minimum absolute atomic E-state index is 0.0308. The molecule has 4 bridgehead atoms. The van der Waals surface area contributed by atoms with Crippen LogP contribution in [0.3, 0.4) is 0 Å². The molecular formula is C37H37N7O7. The zero-order valence-corrected chi connectivity index (χ0v) is 27.7. The number of fused-ring (bicyclic) bond motifs is 2. The van der Waals surface area contributed by atoms with Crippen molar-refractivity contribution >= 4 is 45.3 Å². The first-order valence-electron chi connectivity index (χ1n) is 17.3. The molecule has 3 aromatic carbocycles. The summed E-state index contributed by atoms with van der Waals surface area (Å²) in [5, 5.41) is 25.7. The highest BCUT2D eigenvalue weighted by atomic mass is 16.6. The summed E-state index contributed by atoms with van der Waals surface area (Å²) in [6, 6.07) is 15.3. The number of nitro benzene ring substituents is 1. The van der Waals surface area contributed by atoms with Crippen LogP contribution < -0.4 is 21.1 Å². The molecule has 9 rings (SSSR count). The number of nitro groups is 1. The van der Waals surface area contributed by atoms with Gasteiger partial charge in [0.15, 0.2) is 11.3 Å². The number of amides is 3. The number of rotatable bonds is 12. The zero-order valence-electron chi connectivity index (χ0n) is 27.7. The van der Waals surface area contributed by atoms with Crippen LogP contribution in [0, 0.1) is 33.3 Å². The number of aromatic nitrogens is 3. The third-order valence-electron chi connectivity index (χ3n) is 11.0. The van der Waals surface area contributed by atoms with Gasteiger partial charge in [-0.25, -0.2) is 4.63 Å². The third-order valence-corrected chi connectivity index (χ3v) is 11.0. The molecule has 3 amide bonds. The number of para-hydroxylation sites is 1. The number of H-pyrrole nitrogens is 1. The fourth-order valence-electron chi connectivity index (χ4n) is 9.04. The van der Waals surface area contributed by atoms with Gasteiger partial charge in [-0.15, -0.1) is 0 Å². The maximum absolute atomic E-state index is 14.2. The fraction of sp³-hybridized carbons (Fsp3) is 0.378. The minimum atomic E-state index is -1.00. The van der Waals surface area contributed by atoms with Gasteiger partial charge in [-0.3, -0.25) is 24.5 Å². The SMILES string of the molecule is NC(=O)[C@@H](Cc1c[nH]c2ccccc12)NC(=O)[C@H](Cc1ccc(Oc2ccc([N+](=O)[O-])c3nonc23)cc1)NC(=O)C12CC3CC(CC(C3)C1)C2. The number of aromatic amines is 1. The highest BCUT2D eigenvalue weighted by Crippen LogP contribution is 2.60. The van der Waals surface area contributed by atoms with Crippen LogP contribution in [-0.2, 0) is 27.2 Å². The van der Waals surface area contributed by atoms with Gasteiger partial charge in [0.05, 0.1) is 4.92 Å². The Hall–Kier alpha value is -5.79. The molecule has 262 valence electrons. The van der Waals surface area contributed by atoms with Crippen LogP contribution in [0.5, 0.6) is 11.5 Å². The molecule has 51 heavy (non-hydrogen) atoms. The summed E-state index contributed by atoms with van der Waals surface area (Å²) in [6.45, 7) is 0. The van der Waals surface area contributed by atoms with Crippen LogP contribution in [0.15, 0.2) is 71.5 Å². The van der Waals surface area contributed by atoms with E-state index in [1.165, 1.54) is 31.4 Å². The molecule has 2 aromatic heterocycles. The molecule has 14 nitrogen and oxygen atoms in total. The number of hydrogen-bond acceptors (Lipinski definition) is 9. The number of carbonyl (C=O) groups excluding carboxylic acids is 3. The topological polar surface area (TPSA) is 208 Å². The van der Waals surface area contributed by atoms with Gasteiger partial charge in [-0.1, -0.05) is 30.3 Å².